The van der Waals surface area contributed by atoms with Gasteiger partial charge in [-0.1, -0.05) is 246 Å². The lowest BCUT2D eigenvalue weighted by Gasteiger charge is -2.18. The third kappa shape index (κ3) is 45.3. The van der Waals surface area contributed by atoms with Crippen LogP contribution in [0, 0.1) is 5.92 Å². The minimum atomic E-state index is -0.760. The predicted octanol–water partition coefficient (Wildman–Crippen LogP) is 16.3. The lowest BCUT2D eigenvalue weighted by molar-refractivity contribution is -0.167. The fourth-order valence-electron chi connectivity index (χ4n) is 7.69. The molecule has 6 heteroatoms. The first kappa shape index (κ1) is 55.4. The molecule has 0 heterocycles. The number of rotatable bonds is 46. The van der Waals surface area contributed by atoms with Crippen LogP contribution in [0.4, 0.5) is 0 Å². The fraction of sp³-hybridized carbons (Fsp3) is 0.941. The van der Waals surface area contributed by atoms with Crippen molar-refractivity contribution in [2.24, 2.45) is 5.92 Å². The Morgan fingerprint density at radius 1 is 0.333 bits per heavy atom. The summed E-state index contributed by atoms with van der Waals surface area (Å²) in [5.41, 5.74) is 0. The number of hydrogen-bond donors (Lipinski definition) is 0. The van der Waals surface area contributed by atoms with Gasteiger partial charge in [0, 0.05) is 19.3 Å². The second kappa shape index (κ2) is 45.5. The Kier molecular flexibility index (Phi) is 44.2. The highest BCUT2D eigenvalue weighted by molar-refractivity contribution is 5.71. The van der Waals surface area contributed by atoms with Gasteiger partial charge in [0.25, 0.3) is 0 Å². The molecule has 0 aliphatic heterocycles. The average molecular weight is 807 g/mol. The van der Waals surface area contributed by atoms with Crippen LogP contribution >= 0.6 is 0 Å². The number of carbonyl (C=O) groups excluding carboxylic acids is 3. The van der Waals surface area contributed by atoms with Crippen LogP contribution in [0.5, 0.6) is 0 Å². The molecule has 0 amide bonds. The van der Waals surface area contributed by atoms with Crippen molar-refractivity contribution in [1.29, 1.82) is 0 Å². The zero-order valence-electron chi connectivity index (χ0n) is 38.8. The van der Waals surface area contributed by atoms with Crippen LogP contribution in [-0.4, -0.2) is 37.2 Å². The highest BCUT2D eigenvalue weighted by atomic mass is 16.6. The Morgan fingerprint density at radius 3 is 0.860 bits per heavy atom. The summed E-state index contributed by atoms with van der Waals surface area (Å²) < 4.78 is 16.8. The fourth-order valence-corrected chi connectivity index (χ4v) is 7.69. The largest absolute Gasteiger partial charge is 0.462 e. The maximum atomic E-state index is 12.8. The van der Waals surface area contributed by atoms with Crippen LogP contribution in [0.1, 0.15) is 285 Å². The molecule has 0 bridgehead atoms. The molecular formula is C51H98O6. The van der Waals surface area contributed by atoms with Gasteiger partial charge in [-0.05, 0) is 25.2 Å². The Labute approximate surface area is 355 Å². The molecule has 0 spiro atoms. The number of unbranched alkanes of at least 4 members (excludes halogenated alkanes) is 33. The minimum absolute atomic E-state index is 0.0639. The normalized spacial score (nSPS) is 11.9. The first-order valence-corrected chi connectivity index (χ1v) is 25.4. The molecule has 1 atom stereocenters. The van der Waals surface area contributed by atoms with Crippen LogP contribution in [0.2, 0.25) is 0 Å². The molecule has 0 rings (SSSR count). The zero-order valence-corrected chi connectivity index (χ0v) is 38.8. The molecule has 0 aromatic carbocycles. The third-order valence-corrected chi connectivity index (χ3v) is 11.5. The standard InChI is InChI=1S/C51H98O6/c1-5-7-9-11-13-15-17-18-19-20-21-22-23-24-25-27-31-36-40-44-51(54)57-48(45-55-49(52)42-38-34-30-26-16-14-12-10-8-6-2)46-56-50(53)43-39-35-32-28-29-33-37-41-47(3)4/h47-48H,5-46H2,1-4H3/t48-/m0/s1. The van der Waals surface area contributed by atoms with E-state index in [2.05, 4.69) is 27.7 Å². The molecular weight excluding hydrogens is 709 g/mol. The van der Waals surface area contributed by atoms with Crippen molar-refractivity contribution in [3.8, 4) is 0 Å². The van der Waals surface area contributed by atoms with E-state index in [-0.39, 0.29) is 31.1 Å². The molecule has 57 heavy (non-hydrogen) atoms. The molecule has 0 aromatic heterocycles. The van der Waals surface area contributed by atoms with Crippen molar-refractivity contribution in [2.75, 3.05) is 13.2 Å². The molecule has 338 valence electrons. The molecule has 0 saturated heterocycles. The monoisotopic (exact) mass is 807 g/mol. The number of carbonyl (C=O) groups is 3. The SMILES string of the molecule is CCCCCCCCCCCCCCCCCCCCCC(=O)O[C@@H](COC(=O)CCCCCCCCCCCC)COC(=O)CCCCCCCCCC(C)C. The van der Waals surface area contributed by atoms with E-state index in [1.165, 1.54) is 180 Å². The summed E-state index contributed by atoms with van der Waals surface area (Å²) in [6.07, 6.45) is 46.7. The molecule has 0 aromatic rings. The molecule has 0 unspecified atom stereocenters. The van der Waals surface area contributed by atoms with E-state index >= 15 is 0 Å². The van der Waals surface area contributed by atoms with Crippen molar-refractivity contribution in [3.05, 3.63) is 0 Å². The lowest BCUT2D eigenvalue weighted by Crippen LogP contribution is -2.30. The maximum absolute atomic E-state index is 12.8. The summed E-state index contributed by atoms with van der Waals surface area (Å²) in [6.45, 7) is 8.96. The Morgan fingerprint density at radius 2 is 0.579 bits per heavy atom. The van der Waals surface area contributed by atoms with Gasteiger partial charge in [0.05, 0.1) is 0 Å². The molecule has 6 nitrogen and oxygen atoms in total. The molecule has 0 saturated carbocycles. The second-order valence-electron chi connectivity index (χ2n) is 17.9. The number of ether oxygens (including phenoxy) is 3. The van der Waals surface area contributed by atoms with Gasteiger partial charge in [-0.25, -0.2) is 0 Å². The van der Waals surface area contributed by atoms with E-state index in [0.717, 1.165) is 63.7 Å². The molecule has 0 aliphatic carbocycles. The summed E-state index contributed by atoms with van der Waals surface area (Å²) in [6, 6.07) is 0. The lowest BCUT2D eigenvalue weighted by atomic mass is 10.0. The van der Waals surface area contributed by atoms with Crippen LogP contribution in [0.3, 0.4) is 0 Å². The van der Waals surface area contributed by atoms with Crippen LogP contribution in [0.15, 0.2) is 0 Å². The van der Waals surface area contributed by atoms with Gasteiger partial charge < -0.3 is 14.2 Å². The molecule has 0 aliphatic rings. The average Bonchev–Trinajstić information content (AvgIpc) is 3.19. The summed E-state index contributed by atoms with van der Waals surface area (Å²) in [5.74, 6) is -0.0700. The van der Waals surface area contributed by atoms with Gasteiger partial charge >= 0.3 is 17.9 Å². The second-order valence-corrected chi connectivity index (χ2v) is 17.9. The quantitative estimate of drug-likeness (QED) is 0.0346. The topological polar surface area (TPSA) is 78.9 Å². The summed E-state index contributed by atoms with van der Waals surface area (Å²) in [5, 5.41) is 0. The Balaban J connectivity index is 4.23. The van der Waals surface area contributed by atoms with Crippen LogP contribution < -0.4 is 0 Å². The zero-order chi connectivity index (χ0) is 41.7. The van der Waals surface area contributed by atoms with Gasteiger partial charge in [-0.3, -0.25) is 14.4 Å². The summed E-state index contributed by atoms with van der Waals surface area (Å²) >= 11 is 0. The van der Waals surface area contributed by atoms with Crippen LogP contribution in [-0.2, 0) is 28.6 Å². The smallest absolute Gasteiger partial charge is 0.306 e. The molecule has 0 radical (unpaired) electrons. The number of hydrogen-bond acceptors (Lipinski definition) is 6. The summed E-state index contributed by atoms with van der Waals surface area (Å²) in [4.78, 5) is 37.8. The Hall–Kier alpha value is -1.59. The van der Waals surface area contributed by atoms with Crippen molar-refractivity contribution in [3.63, 3.8) is 0 Å². The Bertz CT molecular complexity index is 857. The highest BCUT2D eigenvalue weighted by Gasteiger charge is 2.19. The van der Waals surface area contributed by atoms with Gasteiger partial charge in [0.15, 0.2) is 6.10 Å². The van der Waals surface area contributed by atoms with Crippen molar-refractivity contribution < 1.29 is 28.6 Å². The summed E-state index contributed by atoms with van der Waals surface area (Å²) in [7, 11) is 0. The van der Waals surface area contributed by atoms with Crippen molar-refractivity contribution in [1.82, 2.24) is 0 Å². The van der Waals surface area contributed by atoms with Crippen molar-refractivity contribution in [2.45, 2.75) is 291 Å². The van der Waals surface area contributed by atoms with Crippen molar-refractivity contribution >= 4 is 17.9 Å². The van der Waals surface area contributed by atoms with Gasteiger partial charge in [0.1, 0.15) is 13.2 Å². The van der Waals surface area contributed by atoms with E-state index < -0.39 is 6.10 Å². The number of esters is 3. The van der Waals surface area contributed by atoms with E-state index in [4.69, 9.17) is 14.2 Å². The van der Waals surface area contributed by atoms with E-state index in [0.29, 0.717) is 19.3 Å². The first-order chi connectivity index (χ1) is 27.9. The van der Waals surface area contributed by atoms with E-state index in [1.807, 2.05) is 0 Å². The predicted molar refractivity (Wildman–Crippen MR) is 243 cm³/mol. The maximum Gasteiger partial charge on any atom is 0.306 e. The van der Waals surface area contributed by atoms with Gasteiger partial charge in [0.2, 0.25) is 0 Å². The minimum Gasteiger partial charge on any atom is -0.462 e. The van der Waals surface area contributed by atoms with E-state index in [9.17, 15) is 14.4 Å². The highest BCUT2D eigenvalue weighted by Crippen LogP contribution is 2.17. The van der Waals surface area contributed by atoms with Gasteiger partial charge in [-0.15, -0.1) is 0 Å². The van der Waals surface area contributed by atoms with Crippen LogP contribution in [0.25, 0.3) is 0 Å². The first-order valence-electron chi connectivity index (χ1n) is 25.4. The van der Waals surface area contributed by atoms with E-state index in [1.54, 1.807) is 0 Å². The molecule has 0 fully saturated rings. The third-order valence-electron chi connectivity index (χ3n) is 11.5. The molecule has 0 N–H and O–H groups in total. The van der Waals surface area contributed by atoms with Gasteiger partial charge in [-0.2, -0.15) is 0 Å².